The van der Waals surface area contributed by atoms with Gasteiger partial charge in [-0.3, -0.25) is 0 Å². The van der Waals surface area contributed by atoms with Crippen molar-refractivity contribution < 1.29 is 4.52 Å². The maximum absolute atomic E-state index is 5.17. The summed E-state index contributed by atoms with van der Waals surface area (Å²) in [7, 11) is 2.16. The van der Waals surface area contributed by atoms with Crippen LogP contribution in [0.1, 0.15) is 29.9 Å². The van der Waals surface area contributed by atoms with Crippen LogP contribution in [-0.4, -0.2) is 36.2 Å². The zero-order valence-corrected chi connectivity index (χ0v) is 10.4. The second-order valence-electron chi connectivity index (χ2n) is 4.79. The summed E-state index contributed by atoms with van der Waals surface area (Å²) in [6.45, 7) is 7.19. The summed E-state index contributed by atoms with van der Waals surface area (Å²) >= 11 is 0. The van der Waals surface area contributed by atoms with Gasteiger partial charge in [0.15, 0.2) is 0 Å². The van der Waals surface area contributed by atoms with Crippen molar-refractivity contribution in [1.82, 2.24) is 15.4 Å². The van der Waals surface area contributed by atoms with Crippen molar-refractivity contribution in [2.45, 2.75) is 39.3 Å². The number of nitrogens with zero attached hydrogens (tertiary/aromatic N) is 2. The molecule has 0 amide bonds. The summed E-state index contributed by atoms with van der Waals surface area (Å²) in [5.41, 5.74) is 2.25. The molecule has 1 N–H and O–H groups in total. The summed E-state index contributed by atoms with van der Waals surface area (Å²) in [5.74, 6) is 0.948. The summed E-state index contributed by atoms with van der Waals surface area (Å²) in [4.78, 5) is 2.34. The molecule has 1 atom stereocenters. The van der Waals surface area contributed by atoms with E-state index in [2.05, 4.69) is 22.4 Å². The molecule has 1 unspecified atom stereocenters. The summed E-state index contributed by atoms with van der Waals surface area (Å²) in [5, 5.41) is 7.50. The fraction of sp³-hybridized carbons (Fsp3) is 0.750. The monoisotopic (exact) mass is 223 g/mol. The predicted octanol–water partition coefficient (Wildman–Crippen LogP) is 1.48. The Morgan fingerprint density at radius 2 is 2.31 bits per heavy atom. The average Bonchev–Trinajstić information content (AvgIpc) is 2.83. The lowest BCUT2D eigenvalue weighted by molar-refractivity contribution is 0.290. The smallest absolute Gasteiger partial charge is 0.138 e. The molecule has 16 heavy (non-hydrogen) atoms. The molecule has 1 aromatic rings. The highest BCUT2D eigenvalue weighted by Crippen LogP contribution is 2.15. The zero-order chi connectivity index (χ0) is 11.5. The molecule has 0 aliphatic carbocycles. The number of aromatic nitrogens is 1. The minimum absolute atomic E-state index is 0.658. The van der Waals surface area contributed by atoms with Crippen molar-refractivity contribution in [2.75, 3.05) is 20.1 Å². The fourth-order valence-corrected chi connectivity index (χ4v) is 2.35. The molecule has 1 aliphatic heterocycles. The van der Waals surface area contributed by atoms with Gasteiger partial charge in [0.2, 0.25) is 0 Å². The van der Waals surface area contributed by atoms with Crippen molar-refractivity contribution in [1.29, 1.82) is 0 Å². The van der Waals surface area contributed by atoms with E-state index in [-0.39, 0.29) is 0 Å². The first kappa shape index (κ1) is 11.6. The van der Waals surface area contributed by atoms with E-state index in [9.17, 15) is 0 Å². The molecule has 0 aromatic carbocycles. The molecule has 0 spiro atoms. The number of hydrogen-bond acceptors (Lipinski definition) is 4. The van der Waals surface area contributed by atoms with Gasteiger partial charge in [0.1, 0.15) is 5.76 Å². The van der Waals surface area contributed by atoms with Crippen molar-refractivity contribution in [3.63, 3.8) is 0 Å². The second-order valence-corrected chi connectivity index (χ2v) is 4.79. The third-order valence-electron chi connectivity index (χ3n) is 3.30. The second kappa shape index (κ2) is 4.97. The molecular formula is C12H21N3O. The molecular weight excluding hydrogens is 202 g/mol. The molecule has 1 saturated heterocycles. The van der Waals surface area contributed by atoms with E-state index in [0.29, 0.717) is 6.04 Å². The van der Waals surface area contributed by atoms with Gasteiger partial charge in [0.05, 0.1) is 5.69 Å². The van der Waals surface area contributed by atoms with Crippen molar-refractivity contribution in [3.05, 3.63) is 17.0 Å². The molecule has 4 nitrogen and oxygen atoms in total. The van der Waals surface area contributed by atoms with E-state index in [1.165, 1.54) is 24.9 Å². The van der Waals surface area contributed by atoms with Crippen LogP contribution < -0.4 is 5.32 Å². The van der Waals surface area contributed by atoms with Gasteiger partial charge in [-0.15, -0.1) is 0 Å². The molecule has 90 valence electrons. The third-order valence-corrected chi connectivity index (χ3v) is 3.30. The Kier molecular flexibility index (Phi) is 3.61. The Morgan fingerprint density at radius 3 is 2.88 bits per heavy atom. The third kappa shape index (κ3) is 2.62. The first-order chi connectivity index (χ1) is 7.66. The Morgan fingerprint density at radius 1 is 1.50 bits per heavy atom. The number of hydrogen-bond donors (Lipinski definition) is 1. The number of nitrogens with one attached hydrogen (secondary N) is 1. The highest BCUT2D eigenvalue weighted by Gasteiger charge is 2.17. The van der Waals surface area contributed by atoms with E-state index in [0.717, 1.165) is 24.5 Å². The molecule has 0 saturated carbocycles. The molecule has 2 heterocycles. The highest BCUT2D eigenvalue weighted by molar-refractivity contribution is 5.20. The van der Waals surface area contributed by atoms with Crippen LogP contribution >= 0.6 is 0 Å². The standard InChI is InChI=1S/C12H21N3O/c1-9-12(10(2)16-14-9)8-15(3)7-11-5-4-6-13-11/h11,13H,4-8H2,1-3H3. The van der Waals surface area contributed by atoms with Crippen LogP contribution in [-0.2, 0) is 6.54 Å². The van der Waals surface area contributed by atoms with Gasteiger partial charge in [0.25, 0.3) is 0 Å². The van der Waals surface area contributed by atoms with Crippen LogP contribution in [0.15, 0.2) is 4.52 Å². The van der Waals surface area contributed by atoms with Crippen LogP contribution in [0.2, 0.25) is 0 Å². The average molecular weight is 223 g/mol. The largest absolute Gasteiger partial charge is 0.361 e. The van der Waals surface area contributed by atoms with E-state index in [4.69, 9.17) is 4.52 Å². The maximum atomic E-state index is 5.17. The topological polar surface area (TPSA) is 41.3 Å². The van der Waals surface area contributed by atoms with Gasteiger partial charge in [0, 0.05) is 24.7 Å². The van der Waals surface area contributed by atoms with E-state index >= 15 is 0 Å². The highest BCUT2D eigenvalue weighted by atomic mass is 16.5. The maximum Gasteiger partial charge on any atom is 0.138 e. The lowest BCUT2D eigenvalue weighted by Crippen LogP contribution is -2.35. The SMILES string of the molecule is Cc1noc(C)c1CN(C)CC1CCCN1. The van der Waals surface area contributed by atoms with Gasteiger partial charge in [-0.25, -0.2) is 0 Å². The van der Waals surface area contributed by atoms with Crippen LogP contribution in [0, 0.1) is 13.8 Å². The van der Waals surface area contributed by atoms with Gasteiger partial charge < -0.3 is 14.7 Å². The Labute approximate surface area is 97.0 Å². The van der Waals surface area contributed by atoms with Crippen molar-refractivity contribution in [2.24, 2.45) is 0 Å². The van der Waals surface area contributed by atoms with E-state index in [1.54, 1.807) is 0 Å². The van der Waals surface area contributed by atoms with Crippen molar-refractivity contribution in [3.8, 4) is 0 Å². The lowest BCUT2D eigenvalue weighted by atomic mass is 10.1. The summed E-state index contributed by atoms with van der Waals surface area (Å²) < 4.78 is 5.17. The van der Waals surface area contributed by atoms with Crippen LogP contribution in [0.3, 0.4) is 0 Å². The normalized spacial score (nSPS) is 20.9. The first-order valence-electron chi connectivity index (χ1n) is 6.00. The number of aryl methyl sites for hydroxylation is 2. The predicted molar refractivity (Wildman–Crippen MR) is 63.3 cm³/mol. The minimum atomic E-state index is 0.658. The summed E-state index contributed by atoms with van der Waals surface area (Å²) in [6.07, 6.45) is 2.61. The van der Waals surface area contributed by atoms with Gasteiger partial charge in [-0.05, 0) is 40.3 Å². The van der Waals surface area contributed by atoms with E-state index < -0.39 is 0 Å². The molecule has 4 heteroatoms. The Balaban J connectivity index is 1.88. The van der Waals surface area contributed by atoms with Crippen LogP contribution in [0.4, 0.5) is 0 Å². The quantitative estimate of drug-likeness (QED) is 0.839. The molecule has 0 radical (unpaired) electrons. The molecule has 1 aliphatic rings. The lowest BCUT2D eigenvalue weighted by Gasteiger charge is -2.20. The number of rotatable bonds is 4. The van der Waals surface area contributed by atoms with Crippen LogP contribution in [0.25, 0.3) is 0 Å². The van der Waals surface area contributed by atoms with E-state index in [1.807, 2.05) is 13.8 Å². The Hall–Kier alpha value is -0.870. The number of likely N-dealkylation sites (N-methyl/N-ethyl adjacent to an activating group) is 1. The van der Waals surface area contributed by atoms with Crippen molar-refractivity contribution >= 4 is 0 Å². The molecule has 1 fully saturated rings. The van der Waals surface area contributed by atoms with Gasteiger partial charge in [-0.1, -0.05) is 5.16 Å². The van der Waals surface area contributed by atoms with Crippen LogP contribution in [0.5, 0.6) is 0 Å². The Bertz CT molecular complexity index is 323. The van der Waals surface area contributed by atoms with Gasteiger partial charge >= 0.3 is 0 Å². The molecule has 1 aromatic heterocycles. The van der Waals surface area contributed by atoms with Gasteiger partial charge in [-0.2, -0.15) is 0 Å². The molecule has 0 bridgehead atoms. The minimum Gasteiger partial charge on any atom is -0.361 e. The molecule has 2 rings (SSSR count). The zero-order valence-electron chi connectivity index (χ0n) is 10.4. The first-order valence-corrected chi connectivity index (χ1v) is 6.00. The summed E-state index contributed by atoms with van der Waals surface area (Å²) in [6, 6.07) is 0.658. The fourth-order valence-electron chi connectivity index (χ4n) is 2.35.